The van der Waals surface area contributed by atoms with E-state index in [9.17, 15) is 27.6 Å². The molecular formula is C48H57N5O9S. The van der Waals surface area contributed by atoms with Crippen molar-refractivity contribution in [2.75, 3.05) is 13.7 Å². The molecule has 3 N–H and O–H groups in total. The fraction of sp³-hybridized carbons (Fsp3) is 0.438. The summed E-state index contributed by atoms with van der Waals surface area (Å²) in [6.07, 6.45) is 1.06. The van der Waals surface area contributed by atoms with Crippen molar-refractivity contribution in [3.63, 3.8) is 0 Å². The second kappa shape index (κ2) is 17.0. The number of nitrogens with zero attached hydrogens (tertiary/aromatic N) is 2. The standard InChI is InChI=1S/C48H57N5O9S/c1-9-32-28-48(32,43(56)52-63(58,59)47(22-23-47)27-30-16-12-10-13-17-30)51-41(54)38-25-34(29-53(38)42(55)40(45(2,3)4)50-44(57)62-46(5,6)7)61-39-26-36(31-18-14-11-15-19-31)49-37-24-33(60-8)20-21-35(37)39/h9-21,24,26,32,34,38,40H,1,22-23,25,27-29H2,2-8H3,(H,50,57)(H,51,54)(H,52,56)/t32-,34-,38+,40-,48-/m1/s1. The Bertz CT molecular complexity index is 2520. The first kappa shape index (κ1) is 45.1. The topological polar surface area (TPSA) is 182 Å². The summed E-state index contributed by atoms with van der Waals surface area (Å²) in [5, 5.41) is 6.29. The van der Waals surface area contributed by atoms with Gasteiger partial charge < -0.3 is 29.7 Å². The predicted octanol–water partition coefficient (Wildman–Crippen LogP) is 6.48. The van der Waals surface area contributed by atoms with Gasteiger partial charge in [-0.3, -0.25) is 19.1 Å². The molecule has 1 aliphatic heterocycles. The smallest absolute Gasteiger partial charge is 0.408 e. The average Bonchev–Trinajstić information content (AvgIpc) is 4.13. The molecule has 0 spiro atoms. The molecule has 14 nitrogen and oxygen atoms in total. The second-order valence-corrected chi connectivity index (χ2v) is 21.0. The molecule has 0 unspecified atom stereocenters. The fourth-order valence-electron chi connectivity index (χ4n) is 8.26. The average molecular weight is 880 g/mol. The van der Waals surface area contributed by atoms with Crippen LogP contribution in [0.5, 0.6) is 11.5 Å². The summed E-state index contributed by atoms with van der Waals surface area (Å²) in [6.45, 7) is 14.3. The van der Waals surface area contributed by atoms with Crippen molar-refractivity contribution in [2.45, 2.75) is 108 Å². The number of methoxy groups -OCH3 is 1. The molecule has 0 bridgehead atoms. The highest BCUT2D eigenvalue weighted by Crippen LogP contribution is 2.49. The number of benzene rings is 3. The minimum absolute atomic E-state index is 0.00352. The second-order valence-electron chi connectivity index (χ2n) is 19.0. The lowest BCUT2D eigenvalue weighted by Crippen LogP contribution is -2.60. The number of alkyl carbamates (subject to hydrolysis) is 1. The first-order valence-electron chi connectivity index (χ1n) is 21.2. The number of carbonyl (C=O) groups excluding carboxylic acids is 4. The molecule has 4 aromatic rings. The Labute approximate surface area is 369 Å². The van der Waals surface area contributed by atoms with E-state index in [1.807, 2.05) is 72.8 Å². The van der Waals surface area contributed by atoms with Gasteiger partial charge in [0.1, 0.15) is 40.8 Å². The monoisotopic (exact) mass is 879 g/mol. The van der Waals surface area contributed by atoms with Crippen molar-refractivity contribution in [3.8, 4) is 22.8 Å². The SMILES string of the molecule is C=C[C@@H]1C[C@]1(NC(=O)[C@@H]1C[C@@H](Oc2cc(-c3ccccc3)nc3cc(OC)ccc23)CN1C(=O)[C@@H](NC(=O)OC(C)(C)C)C(C)(C)C)C(=O)NS(=O)(=O)C1(Cc2ccccc2)CC1. The number of fused-ring (bicyclic) bond motifs is 1. The molecular weight excluding hydrogens is 823 g/mol. The van der Waals surface area contributed by atoms with Crippen molar-refractivity contribution in [1.82, 2.24) is 25.2 Å². The Balaban J connectivity index is 1.20. The van der Waals surface area contributed by atoms with Gasteiger partial charge >= 0.3 is 6.09 Å². The molecule has 2 heterocycles. The molecule has 5 atom stereocenters. The molecule has 15 heteroatoms. The highest BCUT2D eigenvalue weighted by atomic mass is 32.2. The third-order valence-corrected chi connectivity index (χ3v) is 14.1. The normalized spacial score (nSPS) is 22.0. The van der Waals surface area contributed by atoms with Crippen LogP contribution in [0.15, 0.2) is 97.6 Å². The number of likely N-dealkylation sites (tertiary alicyclic amines) is 1. The number of hydrogen-bond acceptors (Lipinski definition) is 10. The Hall–Kier alpha value is -5.96. The van der Waals surface area contributed by atoms with E-state index in [0.717, 1.165) is 11.1 Å². The van der Waals surface area contributed by atoms with E-state index in [1.54, 1.807) is 60.8 Å². The van der Waals surface area contributed by atoms with Crippen molar-refractivity contribution in [2.24, 2.45) is 11.3 Å². The fourth-order valence-corrected chi connectivity index (χ4v) is 9.90. The zero-order valence-corrected chi connectivity index (χ0v) is 37.7. The van der Waals surface area contributed by atoms with Crippen molar-refractivity contribution in [1.29, 1.82) is 0 Å². The van der Waals surface area contributed by atoms with Gasteiger partial charge in [-0.2, -0.15) is 0 Å². The molecule has 7 rings (SSSR count). The van der Waals surface area contributed by atoms with Gasteiger partial charge in [-0.25, -0.2) is 18.2 Å². The minimum atomic E-state index is -4.18. The van der Waals surface area contributed by atoms with Crippen LogP contribution >= 0.6 is 0 Å². The molecule has 1 saturated heterocycles. The van der Waals surface area contributed by atoms with Crippen LogP contribution in [0.4, 0.5) is 4.79 Å². The van der Waals surface area contributed by atoms with Crippen LogP contribution in [0.2, 0.25) is 0 Å². The number of nitrogens with one attached hydrogen (secondary N) is 3. The molecule has 63 heavy (non-hydrogen) atoms. The summed E-state index contributed by atoms with van der Waals surface area (Å²) in [5.41, 5.74) is -0.431. The highest BCUT2D eigenvalue weighted by Gasteiger charge is 2.63. The van der Waals surface area contributed by atoms with E-state index in [-0.39, 0.29) is 25.8 Å². The third kappa shape index (κ3) is 9.68. The Kier molecular flexibility index (Phi) is 12.1. The molecule has 1 aromatic heterocycles. The lowest BCUT2D eigenvalue weighted by atomic mass is 9.85. The van der Waals surface area contributed by atoms with Gasteiger partial charge in [-0.15, -0.1) is 6.58 Å². The van der Waals surface area contributed by atoms with E-state index < -0.39 is 79.2 Å². The largest absolute Gasteiger partial charge is 0.497 e. The number of sulfonamides is 1. The van der Waals surface area contributed by atoms with Crippen LogP contribution in [0.1, 0.15) is 72.8 Å². The van der Waals surface area contributed by atoms with Gasteiger partial charge in [0, 0.05) is 35.4 Å². The number of hydrogen-bond donors (Lipinski definition) is 3. The maximum absolute atomic E-state index is 14.8. The molecule has 3 aliphatic rings. The molecule has 3 aromatic carbocycles. The number of pyridine rings is 1. The molecule has 4 amide bonds. The first-order valence-corrected chi connectivity index (χ1v) is 22.7. The van der Waals surface area contributed by atoms with Gasteiger partial charge in [0.2, 0.25) is 21.8 Å². The van der Waals surface area contributed by atoms with Crippen LogP contribution in [0, 0.1) is 11.3 Å². The quantitative estimate of drug-likeness (QED) is 0.119. The Morgan fingerprint density at radius 2 is 1.62 bits per heavy atom. The van der Waals surface area contributed by atoms with Crippen molar-refractivity contribution < 1.29 is 41.8 Å². The summed E-state index contributed by atoms with van der Waals surface area (Å²) in [6, 6.07) is 23.7. The lowest BCUT2D eigenvalue weighted by molar-refractivity contribution is -0.143. The maximum Gasteiger partial charge on any atom is 0.408 e. The number of rotatable bonds is 14. The van der Waals surface area contributed by atoms with E-state index in [4.69, 9.17) is 19.2 Å². The van der Waals surface area contributed by atoms with Crippen molar-refractivity contribution in [3.05, 3.63) is 103 Å². The summed E-state index contributed by atoms with van der Waals surface area (Å²) in [7, 11) is -2.61. The van der Waals surface area contributed by atoms with Crippen molar-refractivity contribution >= 4 is 44.7 Å². The summed E-state index contributed by atoms with van der Waals surface area (Å²) in [4.78, 5) is 63.2. The zero-order valence-electron chi connectivity index (χ0n) is 36.9. The van der Waals surface area contributed by atoms with E-state index in [2.05, 4.69) is 21.9 Å². The van der Waals surface area contributed by atoms with Crippen LogP contribution < -0.4 is 24.8 Å². The van der Waals surface area contributed by atoms with Crippen LogP contribution in [0.25, 0.3) is 22.2 Å². The van der Waals surface area contributed by atoms with Gasteiger partial charge in [0.25, 0.3) is 5.91 Å². The van der Waals surface area contributed by atoms with Gasteiger partial charge in [0.05, 0.1) is 29.6 Å². The molecule has 334 valence electrons. The molecule has 2 saturated carbocycles. The van der Waals surface area contributed by atoms with E-state index >= 15 is 0 Å². The summed E-state index contributed by atoms with van der Waals surface area (Å²) in [5.74, 6) is -1.64. The zero-order chi connectivity index (χ0) is 45.5. The van der Waals surface area contributed by atoms with Crippen LogP contribution in [-0.4, -0.2) is 89.8 Å². The van der Waals surface area contributed by atoms with Gasteiger partial charge in [-0.05, 0) is 69.6 Å². The van der Waals surface area contributed by atoms with Crippen LogP contribution in [-0.2, 0) is 35.6 Å². The molecule has 3 fully saturated rings. The molecule has 2 aliphatic carbocycles. The Morgan fingerprint density at radius 3 is 2.21 bits per heavy atom. The number of amides is 4. The highest BCUT2D eigenvalue weighted by molar-refractivity contribution is 7.91. The minimum Gasteiger partial charge on any atom is -0.497 e. The first-order chi connectivity index (χ1) is 29.7. The van der Waals surface area contributed by atoms with E-state index in [1.165, 1.54) is 11.0 Å². The third-order valence-electron chi connectivity index (χ3n) is 12.0. The predicted molar refractivity (Wildman–Crippen MR) is 239 cm³/mol. The van der Waals surface area contributed by atoms with Gasteiger partial charge in [-0.1, -0.05) is 87.5 Å². The van der Waals surface area contributed by atoms with Crippen LogP contribution in [0.3, 0.4) is 0 Å². The van der Waals surface area contributed by atoms with Gasteiger partial charge in [0.15, 0.2) is 0 Å². The summed E-state index contributed by atoms with van der Waals surface area (Å²) >= 11 is 0. The summed E-state index contributed by atoms with van der Waals surface area (Å²) < 4.78 is 46.7. The maximum atomic E-state index is 14.8. The number of aromatic nitrogens is 1. The lowest BCUT2D eigenvalue weighted by Gasteiger charge is -2.36. The Morgan fingerprint density at radius 1 is 0.952 bits per heavy atom. The number of ether oxygens (including phenoxy) is 3. The number of carbonyl (C=O) groups is 4. The molecule has 0 radical (unpaired) electrons. The van der Waals surface area contributed by atoms with E-state index in [0.29, 0.717) is 40.9 Å².